The molecule has 0 saturated carbocycles. The maximum atomic E-state index is 12.5. The summed E-state index contributed by atoms with van der Waals surface area (Å²) in [6.45, 7) is 3.96. The topological polar surface area (TPSA) is 68.6 Å². The van der Waals surface area contributed by atoms with Gasteiger partial charge in [0.25, 0.3) is 0 Å². The zero-order valence-corrected chi connectivity index (χ0v) is 15.5. The van der Waals surface area contributed by atoms with Crippen molar-refractivity contribution in [3.8, 4) is 11.8 Å². The number of ether oxygens (including phenoxy) is 1. The Kier molecular flexibility index (Phi) is 6.29. The van der Waals surface area contributed by atoms with E-state index in [0.29, 0.717) is 24.3 Å². The molecule has 1 saturated heterocycles. The van der Waals surface area contributed by atoms with Crippen molar-refractivity contribution in [1.82, 2.24) is 9.80 Å². The minimum Gasteiger partial charge on any atom is -0.496 e. The van der Waals surface area contributed by atoms with Gasteiger partial charge in [0, 0.05) is 32.7 Å². The van der Waals surface area contributed by atoms with Gasteiger partial charge in [0.05, 0.1) is 18.4 Å². The summed E-state index contributed by atoms with van der Waals surface area (Å²) >= 11 is 0. The first kappa shape index (κ1) is 18.7. The highest BCUT2D eigenvalue weighted by molar-refractivity contribution is 5.90. The normalized spacial score (nSPS) is 14.4. The fourth-order valence-corrected chi connectivity index (χ4v) is 3.25. The first-order chi connectivity index (χ1) is 13.2. The number of hydrogen-bond donors (Lipinski definition) is 1. The molecule has 3 rings (SSSR count). The van der Waals surface area contributed by atoms with Gasteiger partial charge in [-0.15, -0.1) is 0 Å². The molecular weight excluding hydrogens is 340 g/mol. The van der Waals surface area contributed by atoms with Gasteiger partial charge < -0.3 is 15.0 Å². The third-order valence-corrected chi connectivity index (χ3v) is 4.84. The number of nitriles is 1. The number of nitrogens with one attached hydrogen (secondary N) is 1. The molecule has 0 aromatic heterocycles. The van der Waals surface area contributed by atoms with E-state index >= 15 is 0 Å². The van der Waals surface area contributed by atoms with E-state index in [1.807, 2.05) is 24.3 Å². The molecule has 1 N–H and O–H groups in total. The van der Waals surface area contributed by atoms with Crippen LogP contribution in [0, 0.1) is 11.3 Å². The maximum Gasteiger partial charge on any atom is 0.321 e. The molecule has 27 heavy (non-hydrogen) atoms. The number of carbonyl (C=O) groups is 1. The highest BCUT2D eigenvalue weighted by Crippen LogP contribution is 2.19. The zero-order valence-electron chi connectivity index (χ0n) is 15.5. The first-order valence-corrected chi connectivity index (χ1v) is 9.10. The molecule has 2 amide bonds. The smallest absolute Gasteiger partial charge is 0.321 e. The van der Waals surface area contributed by atoms with Gasteiger partial charge >= 0.3 is 6.03 Å². The number of carbonyl (C=O) groups excluding carboxylic acids is 1. The van der Waals surface area contributed by atoms with E-state index < -0.39 is 0 Å². The fourth-order valence-electron chi connectivity index (χ4n) is 3.25. The number of para-hydroxylation sites is 2. The van der Waals surface area contributed by atoms with E-state index in [2.05, 4.69) is 22.4 Å². The Hall–Kier alpha value is -3.04. The predicted molar refractivity (Wildman–Crippen MR) is 105 cm³/mol. The van der Waals surface area contributed by atoms with Crippen molar-refractivity contribution in [3.05, 3.63) is 59.7 Å². The molecule has 0 aliphatic carbocycles. The van der Waals surface area contributed by atoms with Crippen LogP contribution < -0.4 is 10.1 Å². The van der Waals surface area contributed by atoms with Crippen molar-refractivity contribution < 1.29 is 9.53 Å². The predicted octanol–water partition coefficient (Wildman–Crippen LogP) is 2.96. The molecule has 1 fully saturated rings. The monoisotopic (exact) mass is 364 g/mol. The van der Waals surface area contributed by atoms with Gasteiger partial charge in [-0.25, -0.2) is 4.79 Å². The summed E-state index contributed by atoms with van der Waals surface area (Å²) in [5, 5.41) is 12.0. The second-order valence-electron chi connectivity index (χ2n) is 6.48. The highest BCUT2D eigenvalue weighted by atomic mass is 16.5. The number of benzene rings is 2. The van der Waals surface area contributed by atoms with Crippen LogP contribution in [0.2, 0.25) is 0 Å². The quantitative estimate of drug-likeness (QED) is 0.886. The standard InChI is InChI=1S/C21H24N4O2/c1-27-20-9-5-3-6-17(20)10-11-24-12-14-25(15-13-24)21(26)23-19-8-4-2-7-18(19)16-22/h2-9H,10-15H2,1H3,(H,23,26). The second-order valence-corrected chi connectivity index (χ2v) is 6.48. The number of hydrogen-bond acceptors (Lipinski definition) is 4. The van der Waals surface area contributed by atoms with E-state index in [4.69, 9.17) is 10.00 Å². The van der Waals surface area contributed by atoms with Crippen molar-refractivity contribution in [2.24, 2.45) is 0 Å². The molecule has 1 aliphatic rings. The van der Waals surface area contributed by atoms with Gasteiger partial charge in [0.1, 0.15) is 11.8 Å². The van der Waals surface area contributed by atoms with Gasteiger partial charge in [-0.3, -0.25) is 4.90 Å². The number of nitrogens with zero attached hydrogens (tertiary/aromatic N) is 3. The highest BCUT2D eigenvalue weighted by Gasteiger charge is 2.21. The lowest BCUT2D eigenvalue weighted by Gasteiger charge is -2.34. The summed E-state index contributed by atoms with van der Waals surface area (Å²) in [6, 6.07) is 17.1. The Labute approximate surface area is 160 Å². The van der Waals surface area contributed by atoms with Crippen LogP contribution in [-0.4, -0.2) is 55.7 Å². The molecule has 1 aliphatic heterocycles. The van der Waals surface area contributed by atoms with Gasteiger partial charge in [-0.2, -0.15) is 5.26 Å². The lowest BCUT2D eigenvalue weighted by Crippen LogP contribution is -2.50. The number of rotatable bonds is 5. The third kappa shape index (κ3) is 4.78. The molecule has 1 heterocycles. The number of methoxy groups -OCH3 is 1. The molecule has 6 nitrogen and oxygen atoms in total. The lowest BCUT2D eigenvalue weighted by molar-refractivity contribution is 0.148. The molecule has 6 heteroatoms. The molecule has 0 radical (unpaired) electrons. The van der Waals surface area contributed by atoms with E-state index in [-0.39, 0.29) is 6.03 Å². The van der Waals surface area contributed by atoms with E-state index in [9.17, 15) is 4.79 Å². The van der Waals surface area contributed by atoms with E-state index in [0.717, 1.165) is 31.8 Å². The Bertz CT molecular complexity index is 823. The van der Waals surface area contributed by atoms with Crippen molar-refractivity contribution in [3.63, 3.8) is 0 Å². The summed E-state index contributed by atoms with van der Waals surface area (Å²) in [7, 11) is 1.70. The van der Waals surface area contributed by atoms with E-state index in [1.54, 1.807) is 30.2 Å². The summed E-state index contributed by atoms with van der Waals surface area (Å²) in [4.78, 5) is 16.6. The number of amides is 2. The maximum absolute atomic E-state index is 12.5. The molecule has 0 bridgehead atoms. The average Bonchev–Trinajstić information content (AvgIpc) is 2.73. The van der Waals surface area contributed by atoms with Crippen LogP contribution in [0.1, 0.15) is 11.1 Å². The van der Waals surface area contributed by atoms with Crippen molar-refractivity contribution in [2.45, 2.75) is 6.42 Å². The van der Waals surface area contributed by atoms with Crippen LogP contribution in [0.25, 0.3) is 0 Å². The summed E-state index contributed by atoms with van der Waals surface area (Å²) in [6.07, 6.45) is 0.922. The Balaban J connectivity index is 1.48. The number of urea groups is 1. The van der Waals surface area contributed by atoms with Crippen molar-refractivity contribution in [1.29, 1.82) is 5.26 Å². The van der Waals surface area contributed by atoms with Crippen LogP contribution in [-0.2, 0) is 6.42 Å². The SMILES string of the molecule is COc1ccccc1CCN1CCN(C(=O)Nc2ccccc2C#N)CC1. The Morgan fingerprint density at radius 3 is 2.56 bits per heavy atom. The second kappa shape index (κ2) is 9.06. The number of piperazine rings is 1. The molecular formula is C21H24N4O2. The largest absolute Gasteiger partial charge is 0.496 e. The van der Waals surface area contributed by atoms with Crippen LogP contribution in [0.15, 0.2) is 48.5 Å². The van der Waals surface area contributed by atoms with Gasteiger partial charge in [0.2, 0.25) is 0 Å². The lowest BCUT2D eigenvalue weighted by atomic mass is 10.1. The minimum atomic E-state index is -0.151. The van der Waals surface area contributed by atoms with Crippen molar-refractivity contribution in [2.75, 3.05) is 45.2 Å². The van der Waals surface area contributed by atoms with Gasteiger partial charge in [-0.05, 0) is 30.2 Å². The zero-order chi connectivity index (χ0) is 19.1. The molecule has 2 aromatic rings. The Morgan fingerprint density at radius 2 is 1.81 bits per heavy atom. The van der Waals surface area contributed by atoms with Crippen LogP contribution >= 0.6 is 0 Å². The number of anilines is 1. The van der Waals surface area contributed by atoms with Crippen LogP contribution in [0.3, 0.4) is 0 Å². The average molecular weight is 364 g/mol. The van der Waals surface area contributed by atoms with Gasteiger partial charge in [-0.1, -0.05) is 30.3 Å². The van der Waals surface area contributed by atoms with Crippen molar-refractivity contribution >= 4 is 11.7 Å². The summed E-state index contributed by atoms with van der Waals surface area (Å²) in [5.41, 5.74) is 2.23. The van der Waals surface area contributed by atoms with E-state index in [1.165, 1.54) is 5.56 Å². The molecule has 0 spiro atoms. The summed E-state index contributed by atoms with van der Waals surface area (Å²) < 4.78 is 5.41. The van der Waals surface area contributed by atoms with Crippen LogP contribution in [0.4, 0.5) is 10.5 Å². The van der Waals surface area contributed by atoms with Crippen LogP contribution in [0.5, 0.6) is 5.75 Å². The summed E-state index contributed by atoms with van der Waals surface area (Å²) in [5.74, 6) is 0.923. The first-order valence-electron chi connectivity index (χ1n) is 9.10. The Morgan fingerprint density at radius 1 is 1.11 bits per heavy atom. The van der Waals surface area contributed by atoms with Gasteiger partial charge in [0.15, 0.2) is 0 Å². The third-order valence-electron chi connectivity index (χ3n) is 4.84. The molecule has 140 valence electrons. The molecule has 0 atom stereocenters. The minimum absolute atomic E-state index is 0.151. The fraction of sp³-hybridized carbons (Fsp3) is 0.333. The molecule has 0 unspecified atom stereocenters. The molecule has 2 aromatic carbocycles.